The molecule has 3 atom stereocenters. The Balaban J connectivity index is 0.00000114. The van der Waals surface area contributed by atoms with Crippen molar-refractivity contribution in [2.45, 2.75) is 172 Å². The molecule has 9 rings (SSSR count). The second kappa shape index (κ2) is 44.5. The Morgan fingerprint density at radius 3 is 1.32 bits per heavy atom. The van der Waals surface area contributed by atoms with Gasteiger partial charge in [0.25, 0.3) is 0 Å². The number of aliphatic hydroxyl groups is 1. The van der Waals surface area contributed by atoms with E-state index < -0.39 is 22.7 Å². The molecule has 0 amide bonds. The first-order valence-corrected chi connectivity index (χ1v) is 41.8. The maximum Gasteiger partial charge on any atom is 1.00 e. The molecule has 0 aliphatic carbocycles. The zero-order chi connectivity index (χ0) is 69.1. The minimum absolute atomic E-state index is 0. The van der Waals surface area contributed by atoms with Gasteiger partial charge < -0.3 is 25.6 Å². The predicted molar refractivity (Wildman–Crippen MR) is 413 cm³/mol. The molecule has 0 saturated heterocycles. The van der Waals surface area contributed by atoms with E-state index >= 15 is 0 Å². The molecule has 0 aliphatic heterocycles. The van der Waals surface area contributed by atoms with Crippen molar-refractivity contribution in [2.24, 2.45) is 0 Å². The second-order valence-corrected chi connectivity index (χ2v) is 41.1. The van der Waals surface area contributed by atoms with Gasteiger partial charge in [-0.3, -0.25) is 9.59 Å². The summed E-state index contributed by atoms with van der Waals surface area (Å²) in [6, 6.07) is 30.3. The fraction of sp³-hybridized carbons (Fsp3) is 0.386. The number of unbranched alkanes of at least 4 members (excludes halogenated alkanes) is 1. The molecule has 0 radical (unpaired) electrons. The summed E-state index contributed by atoms with van der Waals surface area (Å²) in [7, 11) is -3.97. The molecule has 0 saturated carbocycles. The molecule has 5 aromatic heterocycles. The zero-order valence-corrected chi connectivity index (χ0v) is 67.0. The summed E-state index contributed by atoms with van der Waals surface area (Å²) < 4.78 is 19.2. The van der Waals surface area contributed by atoms with Crippen LogP contribution in [0, 0.1) is 41.5 Å². The van der Waals surface area contributed by atoms with Gasteiger partial charge in [-0.2, -0.15) is 6.42 Å². The fourth-order valence-electron chi connectivity index (χ4n) is 7.13. The maximum atomic E-state index is 11.1. The Hall–Kier alpha value is -3.61. The van der Waals surface area contributed by atoms with Crippen LogP contribution in [0.15, 0.2) is 124 Å². The van der Waals surface area contributed by atoms with Crippen molar-refractivity contribution >= 4 is 154 Å². The molecule has 12 nitrogen and oxygen atoms in total. The predicted octanol–water partition coefficient (Wildman–Crippen LogP) is 21.3. The quantitative estimate of drug-likeness (QED) is 0.0448. The van der Waals surface area contributed by atoms with Crippen LogP contribution in [0.1, 0.15) is 190 Å². The van der Waals surface area contributed by atoms with Gasteiger partial charge in [0, 0.05) is 48.9 Å². The maximum absolute atomic E-state index is 11.1. The van der Waals surface area contributed by atoms with Crippen LogP contribution in [0.3, 0.4) is 0 Å². The smallest absolute Gasteiger partial charge is 0.461 e. The largest absolute Gasteiger partial charge is 1.00 e. The molecule has 0 bridgehead atoms. The summed E-state index contributed by atoms with van der Waals surface area (Å²) >= 11 is 34.7. The van der Waals surface area contributed by atoms with Gasteiger partial charge in [0.05, 0.1) is 45.7 Å². The number of esters is 1. The molecule has 3 unspecified atom stereocenters. The number of ether oxygens (including phenoxy) is 1. The number of hydrogen-bond donors (Lipinski definition) is 1. The molecule has 9 aromatic rings. The number of benzene rings is 4. The van der Waals surface area contributed by atoms with Crippen LogP contribution in [0.4, 0.5) is 0 Å². The van der Waals surface area contributed by atoms with Gasteiger partial charge in [-0.1, -0.05) is 175 Å². The van der Waals surface area contributed by atoms with Gasteiger partial charge in [0.1, 0.15) is 24.0 Å². The number of aliphatic hydroxyl groups excluding tert-OH is 1. The summed E-state index contributed by atoms with van der Waals surface area (Å²) in [6.07, 6.45) is 2.70. The van der Waals surface area contributed by atoms with Crippen molar-refractivity contribution in [3.8, 4) is 0 Å². The van der Waals surface area contributed by atoms with Crippen LogP contribution in [0.25, 0.3) is 0 Å². The molecular weight excluding hydrogens is 1470 g/mol. The number of hydrogen-bond acceptors (Lipinski definition) is 17. The first-order chi connectivity index (χ1) is 43.1. The van der Waals surface area contributed by atoms with Gasteiger partial charge in [-0.05, 0) is 149 Å². The van der Waals surface area contributed by atoms with E-state index in [1.807, 2.05) is 112 Å². The molecule has 0 aliphatic rings. The van der Waals surface area contributed by atoms with E-state index in [4.69, 9.17) is 60.0 Å². The van der Waals surface area contributed by atoms with Crippen molar-refractivity contribution in [2.75, 3.05) is 6.61 Å². The third kappa shape index (κ3) is 30.4. The summed E-state index contributed by atoms with van der Waals surface area (Å²) in [5.41, 5.74) is 13.3. The monoisotopic (exact) mass is 1560 g/mol. The van der Waals surface area contributed by atoms with E-state index in [0.717, 1.165) is 81.1 Å². The van der Waals surface area contributed by atoms with Crippen LogP contribution < -0.4 is 18.9 Å². The van der Waals surface area contributed by atoms with E-state index in [1.165, 1.54) is 56.6 Å². The van der Waals surface area contributed by atoms with Gasteiger partial charge in [-0.15, -0.1) is 56.7 Å². The van der Waals surface area contributed by atoms with Crippen molar-refractivity contribution in [3.05, 3.63) is 225 Å². The molecule has 25 heteroatoms. The van der Waals surface area contributed by atoms with Gasteiger partial charge in [0.2, 0.25) is 0 Å². The van der Waals surface area contributed by atoms with Gasteiger partial charge in [0.15, 0.2) is 39.9 Å². The van der Waals surface area contributed by atoms with Crippen LogP contribution >= 0.6 is 119 Å². The minimum Gasteiger partial charge on any atom is -0.461 e. The number of rotatable bonds is 15. The average molecular weight is 1560 g/mol. The Morgan fingerprint density at radius 1 is 0.589 bits per heavy atom. The van der Waals surface area contributed by atoms with E-state index in [9.17, 15) is 19.5 Å². The van der Waals surface area contributed by atoms with E-state index in [0.29, 0.717) is 38.7 Å². The minimum atomic E-state index is -2.04. The van der Waals surface area contributed by atoms with Crippen LogP contribution in [0.2, 0.25) is 56.4 Å². The number of aldehydes is 2. The molecule has 5 heterocycles. The van der Waals surface area contributed by atoms with E-state index in [-0.39, 0.29) is 62.0 Å². The number of aryl methyl sites for hydroxylation is 5. The summed E-state index contributed by atoms with van der Waals surface area (Å²) in [5.74, 6) is -0.328. The topological polar surface area (TPSA) is 164 Å². The molecule has 514 valence electrons. The van der Waals surface area contributed by atoms with Gasteiger partial charge >= 0.3 is 24.8 Å². The average Bonchev–Trinajstić information content (AvgIpc) is 1.79. The number of nitrogens with zero attached hydrogens (tertiary/aromatic N) is 5. The van der Waals surface area contributed by atoms with Crippen LogP contribution in [-0.4, -0.2) is 71.8 Å². The first kappa shape index (κ1) is 91.4. The molecular formula is C70H93BrCl4LiN5O7S5Si2. The second-order valence-electron chi connectivity index (χ2n) is 23.5. The van der Waals surface area contributed by atoms with Crippen molar-refractivity contribution in [1.29, 1.82) is 0 Å². The SMILES string of the molecule is C.C.CCOC(=O)c1ncsc1C.Cc1sc(C=O)nc1C(O[Si](C)(C)C(C)(C)C)c1cccc(Cl)c1.Cc1scnc1C(O)c1cccc(Cl)c1.Cc1scnc1C(O[Si](C)(C)C(C)(C)C)c1cccc(Cl)c1.Cc1scnc1C=O.Clc1cccc(Br)c1.[CH2-]CCC.[Li+]. The number of carbonyl (C=O) groups excluding carboxylic acids is 3. The van der Waals surface area contributed by atoms with Crippen LogP contribution in [-0.2, 0) is 13.6 Å². The summed E-state index contributed by atoms with van der Waals surface area (Å²) in [6.45, 7) is 40.0. The number of aromatic nitrogens is 5. The number of carbonyl (C=O) groups is 3. The molecule has 1 N–H and O–H groups in total. The molecule has 4 aromatic carbocycles. The summed E-state index contributed by atoms with van der Waals surface area (Å²) in [4.78, 5) is 58.2. The Bertz CT molecular complexity index is 3680. The fourth-order valence-corrected chi connectivity index (χ4v) is 13.9. The Labute approximate surface area is 629 Å². The van der Waals surface area contributed by atoms with Crippen molar-refractivity contribution in [3.63, 3.8) is 0 Å². The third-order valence-corrected chi connectivity index (χ3v) is 28.7. The number of halogens is 5. The standard InChI is InChI=1S/C18H24ClNO2SSi.C17H24ClNOSSi.C11H10ClNOS.C7H9NO2S.C6H4BrCl.C5H5NOS.C4H9.2CH4.Li/c1-12-16(20-15(11-21)23-12)17(13-8-7-9-14(19)10-13)22-24(5,6)18(2,3)4;1-12-15(19-11-21-12)16(13-8-7-9-14(18)10-13)20-22(5,6)17(2,3)4;1-7-10(13-6-15-7)11(14)8-3-2-4-9(12)5-8;1-3-10-7(9)6-5(2)11-4-8-6;7-5-2-1-3-6(8)4-5;1-4-5(2-7)6-3-8-4;1-3-4-2;;;/h7-11,17H,1-6H3;7-11,16H,1-6H3;2-6,11,14H,1H3;4H,3H2,1-2H3;1-4H;2-3H,1H3;1,3-4H2,2H3;2*1H4;/q;;;;;;-1;;;+1. The van der Waals surface area contributed by atoms with Crippen LogP contribution in [0.5, 0.6) is 0 Å². The Kier molecular flexibility index (Phi) is 42.8. The van der Waals surface area contributed by atoms with E-state index in [1.54, 1.807) is 46.9 Å². The molecule has 0 fully saturated rings. The first-order valence-electron chi connectivity index (χ1n) is 29.3. The van der Waals surface area contributed by atoms with Gasteiger partial charge in [-0.25, -0.2) is 29.7 Å². The third-order valence-electron chi connectivity index (χ3n) is 14.4. The zero-order valence-electron chi connectivity index (χ0n) is 56.3. The normalized spacial score (nSPS) is 11.7. The number of thiazole rings is 5. The summed E-state index contributed by atoms with van der Waals surface area (Å²) in [5, 5.41) is 13.6. The van der Waals surface area contributed by atoms with Crippen molar-refractivity contribution < 1.29 is 51.9 Å². The molecule has 95 heavy (non-hydrogen) atoms. The Morgan fingerprint density at radius 2 is 0.989 bits per heavy atom. The van der Waals surface area contributed by atoms with E-state index in [2.05, 4.69) is 135 Å². The van der Waals surface area contributed by atoms with Crippen molar-refractivity contribution in [1.82, 2.24) is 24.9 Å². The molecule has 0 spiro atoms.